The zero-order valence-electron chi connectivity index (χ0n) is 18.4. The predicted molar refractivity (Wildman–Crippen MR) is 122 cm³/mol. The number of rotatable bonds is 6. The number of halogens is 1. The van der Waals surface area contributed by atoms with Crippen LogP contribution in [0, 0.1) is 5.82 Å². The van der Waals surface area contributed by atoms with Crippen LogP contribution in [0.3, 0.4) is 0 Å². The van der Waals surface area contributed by atoms with E-state index in [1.165, 1.54) is 17.0 Å². The third-order valence-electron chi connectivity index (χ3n) is 5.85. The molecule has 1 aromatic heterocycles. The molecule has 32 heavy (non-hydrogen) atoms. The van der Waals surface area contributed by atoms with Crippen molar-refractivity contribution in [1.82, 2.24) is 14.7 Å². The van der Waals surface area contributed by atoms with E-state index in [4.69, 9.17) is 0 Å². The summed E-state index contributed by atoms with van der Waals surface area (Å²) in [5, 5.41) is 7.51. The number of nitrogens with zero attached hydrogens (tertiary/aromatic N) is 3. The van der Waals surface area contributed by atoms with Gasteiger partial charge in [0.15, 0.2) is 5.69 Å². The highest BCUT2D eigenvalue weighted by atomic mass is 19.1. The third-order valence-corrected chi connectivity index (χ3v) is 5.85. The molecule has 166 valence electrons. The molecular weight excluding hydrogens is 407 g/mol. The normalized spacial score (nSPS) is 12.8. The molecule has 1 heterocycles. The van der Waals surface area contributed by atoms with Gasteiger partial charge in [0.2, 0.25) is 5.91 Å². The number of hydrogen-bond donors (Lipinski definition) is 1. The van der Waals surface area contributed by atoms with E-state index in [0.29, 0.717) is 5.69 Å². The number of fused-ring (bicyclic) bond motifs is 1. The lowest BCUT2D eigenvalue weighted by Gasteiger charge is -2.18. The quantitative estimate of drug-likeness (QED) is 0.633. The zero-order chi connectivity index (χ0) is 22.7. The first-order valence-corrected chi connectivity index (χ1v) is 11.0. The monoisotopic (exact) mass is 434 g/mol. The van der Waals surface area contributed by atoms with Gasteiger partial charge in [-0.05, 0) is 68.0 Å². The van der Waals surface area contributed by atoms with Gasteiger partial charge in [0, 0.05) is 24.0 Å². The van der Waals surface area contributed by atoms with Gasteiger partial charge in [-0.1, -0.05) is 25.1 Å². The summed E-state index contributed by atoms with van der Waals surface area (Å²) in [4.78, 5) is 27.2. The van der Waals surface area contributed by atoms with Gasteiger partial charge in [0.1, 0.15) is 5.82 Å². The molecule has 1 aliphatic carbocycles. The molecule has 0 saturated carbocycles. The van der Waals surface area contributed by atoms with E-state index in [1.807, 2.05) is 31.2 Å². The standard InChI is InChI=1S/C25H27FN4O2/c1-3-17-8-4-6-10-21(17)27-23(31)16-29(2)25(32)24-20-9-5-7-11-22(20)30(28-24)19-14-12-18(26)13-15-19/h4,6,8,10,12-15H,3,5,7,9,11,16H2,1-2H3,(H,27,31). The number of amides is 2. The van der Waals surface area contributed by atoms with Crippen molar-refractivity contribution < 1.29 is 14.0 Å². The van der Waals surface area contributed by atoms with Crippen LogP contribution in [-0.2, 0) is 24.1 Å². The first-order valence-electron chi connectivity index (χ1n) is 11.0. The largest absolute Gasteiger partial charge is 0.331 e. The van der Waals surface area contributed by atoms with E-state index in [-0.39, 0.29) is 24.2 Å². The van der Waals surface area contributed by atoms with Crippen LogP contribution in [0.4, 0.5) is 10.1 Å². The molecule has 4 rings (SSSR count). The molecule has 2 amide bonds. The Hall–Kier alpha value is -3.48. The van der Waals surface area contributed by atoms with Crippen molar-refractivity contribution in [3.63, 3.8) is 0 Å². The van der Waals surface area contributed by atoms with Crippen molar-refractivity contribution in [3.8, 4) is 5.69 Å². The second kappa shape index (κ2) is 9.34. The number of para-hydroxylation sites is 1. The lowest BCUT2D eigenvalue weighted by Crippen LogP contribution is -2.35. The van der Waals surface area contributed by atoms with Crippen LogP contribution >= 0.6 is 0 Å². The molecule has 0 saturated heterocycles. The number of anilines is 1. The second-order valence-corrected chi connectivity index (χ2v) is 8.09. The van der Waals surface area contributed by atoms with Gasteiger partial charge in [0.05, 0.1) is 12.2 Å². The molecule has 0 bridgehead atoms. The molecule has 1 aliphatic rings. The first kappa shape index (κ1) is 21.7. The molecular formula is C25H27FN4O2. The van der Waals surface area contributed by atoms with Gasteiger partial charge in [-0.2, -0.15) is 5.10 Å². The summed E-state index contributed by atoms with van der Waals surface area (Å²) >= 11 is 0. The number of carbonyl (C=O) groups excluding carboxylic acids is 2. The van der Waals surface area contributed by atoms with Gasteiger partial charge in [-0.3, -0.25) is 9.59 Å². The van der Waals surface area contributed by atoms with Gasteiger partial charge in [-0.15, -0.1) is 0 Å². The van der Waals surface area contributed by atoms with Crippen molar-refractivity contribution in [1.29, 1.82) is 0 Å². The Labute approximate surface area is 187 Å². The summed E-state index contributed by atoms with van der Waals surface area (Å²) in [6.45, 7) is 1.95. The second-order valence-electron chi connectivity index (χ2n) is 8.09. The zero-order valence-corrected chi connectivity index (χ0v) is 18.4. The van der Waals surface area contributed by atoms with E-state index >= 15 is 0 Å². The number of likely N-dealkylation sites (N-methyl/N-ethyl adjacent to an activating group) is 1. The summed E-state index contributed by atoms with van der Waals surface area (Å²) in [6, 6.07) is 13.7. The number of nitrogens with one attached hydrogen (secondary N) is 1. The maximum absolute atomic E-state index is 13.4. The van der Waals surface area contributed by atoms with Gasteiger partial charge >= 0.3 is 0 Å². The summed E-state index contributed by atoms with van der Waals surface area (Å²) in [5.74, 6) is -0.863. The van der Waals surface area contributed by atoms with Crippen LogP contribution in [-0.4, -0.2) is 40.1 Å². The molecule has 0 unspecified atom stereocenters. The SMILES string of the molecule is CCc1ccccc1NC(=O)CN(C)C(=O)c1nn(-c2ccc(F)cc2)c2c1CCCC2. The maximum Gasteiger partial charge on any atom is 0.274 e. The number of aromatic nitrogens is 2. The highest BCUT2D eigenvalue weighted by molar-refractivity contribution is 5.99. The van der Waals surface area contributed by atoms with E-state index in [2.05, 4.69) is 10.4 Å². The molecule has 0 spiro atoms. The highest BCUT2D eigenvalue weighted by Gasteiger charge is 2.28. The van der Waals surface area contributed by atoms with Crippen molar-refractivity contribution >= 4 is 17.5 Å². The van der Waals surface area contributed by atoms with Crippen molar-refractivity contribution in [2.24, 2.45) is 0 Å². The molecule has 0 radical (unpaired) electrons. The van der Waals surface area contributed by atoms with Crippen LogP contribution in [0.5, 0.6) is 0 Å². The van der Waals surface area contributed by atoms with Crippen LogP contribution in [0.2, 0.25) is 0 Å². The Morgan fingerprint density at radius 2 is 1.81 bits per heavy atom. The topological polar surface area (TPSA) is 67.2 Å². The lowest BCUT2D eigenvalue weighted by molar-refractivity contribution is -0.116. The fourth-order valence-electron chi connectivity index (χ4n) is 4.17. The molecule has 1 N–H and O–H groups in total. The molecule has 0 fully saturated rings. The van der Waals surface area contributed by atoms with Gasteiger partial charge in [0.25, 0.3) is 5.91 Å². The summed E-state index contributed by atoms with van der Waals surface area (Å²) < 4.78 is 15.1. The Morgan fingerprint density at radius 3 is 2.56 bits per heavy atom. The van der Waals surface area contributed by atoms with E-state index in [0.717, 1.165) is 60.3 Å². The van der Waals surface area contributed by atoms with Crippen molar-refractivity contribution in [3.05, 3.63) is 76.9 Å². The average Bonchev–Trinajstić information content (AvgIpc) is 3.19. The van der Waals surface area contributed by atoms with Gasteiger partial charge in [-0.25, -0.2) is 9.07 Å². The van der Waals surface area contributed by atoms with Crippen LogP contribution in [0.1, 0.15) is 47.1 Å². The first-order chi connectivity index (χ1) is 15.5. The predicted octanol–water partition coefficient (Wildman–Crippen LogP) is 4.16. The van der Waals surface area contributed by atoms with Crippen LogP contribution < -0.4 is 5.32 Å². The minimum atomic E-state index is -0.318. The third kappa shape index (κ3) is 4.42. The minimum absolute atomic E-state index is 0.0743. The number of hydrogen-bond acceptors (Lipinski definition) is 3. The molecule has 7 heteroatoms. The molecule has 0 aliphatic heterocycles. The Morgan fingerprint density at radius 1 is 1.09 bits per heavy atom. The molecule has 0 atom stereocenters. The Bertz CT molecular complexity index is 1140. The Balaban J connectivity index is 1.54. The number of benzene rings is 2. The summed E-state index contributed by atoms with van der Waals surface area (Å²) in [5.41, 5.74) is 4.81. The fraction of sp³-hybridized carbons (Fsp3) is 0.320. The average molecular weight is 435 g/mol. The van der Waals surface area contributed by atoms with Gasteiger partial charge < -0.3 is 10.2 Å². The lowest BCUT2D eigenvalue weighted by atomic mass is 9.95. The molecule has 3 aromatic rings. The maximum atomic E-state index is 13.4. The summed E-state index contributed by atoms with van der Waals surface area (Å²) in [7, 11) is 1.61. The molecule has 6 nitrogen and oxygen atoms in total. The van der Waals surface area contributed by atoms with Crippen molar-refractivity contribution in [2.75, 3.05) is 18.9 Å². The smallest absolute Gasteiger partial charge is 0.274 e. The van der Waals surface area contributed by atoms with E-state index < -0.39 is 0 Å². The van der Waals surface area contributed by atoms with E-state index in [9.17, 15) is 14.0 Å². The van der Waals surface area contributed by atoms with Crippen LogP contribution in [0.25, 0.3) is 5.69 Å². The van der Waals surface area contributed by atoms with Crippen molar-refractivity contribution in [2.45, 2.75) is 39.0 Å². The number of aryl methyl sites for hydroxylation is 1. The minimum Gasteiger partial charge on any atom is -0.331 e. The number of carbonyl (C=O) groups is 2. The fourth-order valence-corrected chi connectivity index (χ4v) is 4.17. The Kier molecular flexibility index (Phi) is 6.35. The van der Waals surface area contributed by atoms with E-state index in [1.54, 1.807) is 23.9 Å². The highest BCUT2D eigenvalue weighted by Crippen LogP contribution is 2.28. The van der Waals surface area contributed by atoms with Crippen LogP contribution in [0.15, 0.2) is 48.5 Å². The molecule has 2 aromatic carbocycles. The summed E-state index contributed by atoms with van der Waals surface area (Å²) in [6.07, 6.45) is 4.38.